The van der Waals surface area contributed by atoms with Crippen molar-refractivity contribution in [3.63, 3.8) is 0 Å². The molecule has 0 aromatic heterocycles. The number of para-hydroxylation sites is 1. The molecule has 6 nitrogen and oxygen atoms in total. The average molecular weight is 388 g/mol. The molecular formula is C20H24N2O4S. The molecule has 0 saturated carbocycles. The van der Waals surface area contributed by atoms with Crippen LogP contribution in [0.5, 0.6) is 5.75 Å². The molecule has 2 aromatic carbocycles. The normalized spacial score (nSPS) is 16.0. The predicted octanol–water partition coefficient (Wildman–Crippen LogP) is 2.86. The largest absolute Gasteiger partial charge is 0.496 e. The first kappa shape index (κ1) is 19.2. The minimum absolute atomic E-state index is 0.174. The number of sulfonamides is 1. The molecule has 0 unspecified atom stereocenters. The maximum Gasteiger partial charge on any atom is 0.251 e. The summed E-state index contributed by atoms with van der Waals surface area (Å²) in [6, 6.07) is 12.6. The second kappa shape index (κ2) is 8.00. The lowest BCUT2D eigenvalue weighted by Crippen LogP contribution is -2.38. The Bertz CT molecular complexity index is 941. The van der Waals surface area contributed by atoms with E-state index in [1.54, 1.807) is 25.3 Å². The summed E-state index contributed by atoms with van der Waals surface area (Å²) in [5.41, 5.74) is 2.81. The van der Waals surface area contributed by atoms with Gasteiger partial charge in [-0.25, -0.2) is 8.42 Å². The third-order valence-electron chi connectivity index (χ3n) is 4.71. The van der Waals surface area contributed by atoms with Gasteiger partial charge in [-0.3, -0.25) is 9.10 Å². The molecule has 1 amide bonds. The van der Waals surface area contributed by atoms with E-state index >= 15 is 0 Å². The van der Waals surface area contributed by atoms with Crippen molar-refractivity contribution in [2.45, 2.75) is 26.3 Å². The van der Waals surface area contributed by atoms with Gasteiger partial charge < -0.3 is 10.1 Å². The number of amides is 1. The lowest BCUT2D eigenvalue weighted by atomic mass is 10.1. The number of hydrogen-bond acceptors (Lipinski definition) is 4. The zero-order valence-electron chi connectivity index (χ0n) is 15.6. The van der Waals surface area contributed by atoms with Crippen molar-refractivity contribution in [1.82, 2.24) is 5.32 Å². The molecule has 0 bridgehead atoms. The molecule has 0 aliphatic carbocycles. The fourth-order valence-corrected chi connectivity index (χ4v) is 4.96. The van der Waals surface area contributed by atoms with Gasteiger partial charge in [0.05, 0.1) is 18.6 Å². The van der Waals surface area contributed by atoms with Gasteiger partial charge in [-0.15, -0.1) is 0 Å². The summed E-state index contributed by atoms with van der Waals surface area (Å²) < 4.78 is 31.4. The van der Waals surface area contributed by atoms with Gasteiger partial charge in [-0.2, -0.15) is 0 Å². The van der Waals surface area contributed by atoms with Crippen molar-refractivity contribution in [2.24, 2.45) is 0 Å². The molecule has 1 heterocycles. The maximum absolute atomic E-state index is 12.5. The first-order chi connectivity index (χ1) is 12.9. The van der Waals surface area contributed by atoms with Gasteiger partial charge in [0.15, 0.2) is 0 Å². The highest BCUT2D eigenvalue weighted by atomic mass is 32.2. The molecule has 7 heteroatoms. The quantitative estimate of drug-likeness (QED) is 0.855. The Morgan fingerprint density at radius 2 is 1.96 bits per heavy atom. The molecule has 0 spiro atoms. The van der Waals surface area contributed by atoms with Crippen molar-refractivity contribution in [1.29, 1.82) is 0 Å². The summed E-state index contributed by atoms with van der Waals surface area (Å²) in [7, 11) is -1.67. The minimum atomic E-state index is -3.27. The first-order valence-corrected chi connectivity index (χ1v) is 10.5. The van der Waals surface area contributed by atoms with Crippen LogP contribution in [0.1, 0.15) is 34.3 Å². The number of aryl methyl sites for hydroxylation is 1. The number of nitrogens with zero attached hydrogens (tertiary/aromatic N) is 1. The van der Waals surface area contributed by atoms with E-state index in [0.29, 0.717) is 30.8 Å². The molecule has 1 fully saturated rings. The van der Waals surface area contributed by atoms with Gasteiger partial charge in [-0.05, 0) is 49.6 Å². The number of rotatable bonds is 5. The Hall–Kier alpha value is -2.54. The molecule has 0 radical (unpaired) electrons. The number of anilines is 1. The number of carbonyl (C=O) groups is 1. The number of ether oxygens (including phenoxy) is 1. The molecule has 0 atom stereocenters. The van der Waals surface area contributed by atoms with Crippen molar-refractivity contribution in [3.05, 3.63) is 59.2 Å². The summed E-state index contributed by atoms with van der Waals surface area (Å²) in [6.45, 7) is 2.67. The topological polar surface area (TPSA) is 75.7 Å². The van der Waals surface area contributed by atoms with Gasteiger partial charge in [0.2, 0.25) is 10.0 Å². The van der Waals surface area contributed by atoms with Crippen LogP contribution in [-0.4, -0.2) is 33.7 Å². The number of methoxy groups -OCH3 is 1. The Morgan fingerprint density at radius 3 is 2.67 bits per heavy atom. The second-order valence-electron chi connectivity index (χ2n) is 6.59. The Kier molecular flexibility index (Phi) is 5.70. The highest BCUT2D eigenvalue weighted by Crippen LogP contribution is 2.27. The molecule has 144 valence electrons. The molecule has 1 saturated heterocycles. The van der Waals surface area contributed by atoms with Crippen LogP contribution >= 0.6 is 0 Å². The Morgan fingerprint density at radius 1 is 1.19 bits per heavy atom. The SMILES string of the molecule is COc1ccccc1CNC(=O)c1ccc(N2CCCCS2(=O)=O)c(C)c1. The molecule has 2 aromatic rings. The van der Waals surface area contributed by atoms with E-state index in [1.807, 2.05) is 31.2 Å². The summed E-state index contributed by atoms with van der Waals surface area (Å²) in [6.07, 6.45) is 1.54. The van der Waals surface area contributed by atoms with Crippen LogP contribution in [0.25, 0.3) is 0 Å². The minimum Gasteiger partial charge on any atom is -0.496 e. The molecule has 1 N–H and O–H groups in total. The number of benzene rings is 2. The average Bonchev–Trinajstić information content (AvgIpc) is 2.66. The molecule has 27 heavy (non-hydrogen) atoms. The summed E-state index contributed by atoms with van der Waals surface area (Å²) in [5.74, 6) is 0.685. The van der Waals surface area contributed by atoms with E-state index in [2.05, 4.69) is 5.32 Å². The Labute approximate surface area is 160 Å². The Balaban J connectivity index is 1.74. The van der Waals surface area contributed by atoms with Gasteiger partial charge in [0.25, 0.3) is 5.91 Å². The zero-order valence-corrected chi connectivity index (χ0v) is 16.4. The maximum atomic E-state index is 12.5. The van der Waals surface area contributed by atoms with Crippen LogP contribution in [0.3, 0.4) is 0 Å². The van der Waals surface area contributed by atoms with E-state index < -0.39 is 10.0 Å². The third-order valence-corrected chi connectivity index (χ3v) is 6.56. The zero-order chi connectivity index (χ0) is 19.4. The van der Waals surface area contributed by atoms with Gasteiger partial charge >= 0.3 is 0 Å². The van der Waals surface area contributed by atoms with Crippen molar-refractivity contribution in [3.8, 4) is 5.75 Å². The lowest BCUT2D eigenvalue weighted by Gasteiger charge is -2.29. The van der Waals surface area contributed by atoms with Crippen LogP contribution in [0.2, 0.25) is 0 Å². The van der Waals surface area contributed by atoms with Gasteiger partial charge in [0.1, 0.15) is 5.75 Å². The van der Waals surface area contributed by atoms with E-state index in [4.69, 9.17) is 4.74 Å². The van der Waals surface area contributed by atoms with Crippen molar-refractivity contribution in [2.75, 3.05) is 23.7 Å². The summed E-state index contributed by atoms with van der Waals surface area (Å²) in [4.78, 5) is 12.5. The van der Waals surface area contributed by atoms with E-state index in [9.17, 15) is 13.2 Å². The van der Waals surface area contributed by atoms with Crippen LogP contribution < -0.4 is 14.4 Å². The fraction of sp³-hybridized carbons (Fsp3) is 0.350. The predicted molar refractivity (Wildman–Crippen MR) is 106 cm³/mol. The lowest BCUT2D eigenvalue weighted by molar-refractivity contribution is 0.0950. The van der Waals surface area contributed by atoms with E-state index in [0.717, 1.165) is 23.3 Å². The molecular weight excluding hydrogens is 364 g/mol. The number of hydrogen-bond donors (Lipinski definition) is 1. The van der Waals surface area contributed by atoms with Gasteiger partial charge in [-0.1, -0.05) is 18.2 Å². The van der Waals surface area contributed by atoms with E-state index in [1.165, 1.54) is 4.31 Å². The fourth-order valence-electron chi connectivity index (χ4n) is 3.26. The monoisotopic (exact) mass is 388 g/mol. The number of carbonyl (C=O) groups excluding carboxylic acids is 1. The highest BCUT2D eigenvalue weighted by Gasteiger charge is 2.27. The van der Waals surface area contributed by atoms with Crippen molar-refractivity contribution >= 4 is 21.6 Å². The molecule has 3 rings (SSSR count). The van der Waals surface area contributed by atoms with E-state index in [-0.39, 0.29) is 11.7 Å². The standard InChI is InChI=1S/C20H24N2O4S/c1-15-13-16(9-10-18(15)22-11-5-6-12-27(22,24)25)20(23)21-14-17-7-3-4-8-19(17)26-2/h3-4,7-10,13H,5-6,11-12,14H2,1-2H3,(H,21,23). The smallest absolute Gasteiger partial charge is 0.251 e. The van der Waals surface area contributed by atoms with Crippen LogP contribution in [0.15, 0.2) is 42.5 Å². The molecule has 1 aliphatic rings. The number of nitrogens with one attached hydrogen (secondary N) is 1. The summed E-state index contributed by atoms with van der Waals surface area (Å²) in [5, 5.41) is 2.88. The van der Waals surface area contributed by atoms with Crippen LogP contribution in [-0.2, 0) is 16.6 Å². The first-order valence-electron chi connectivity index (χ1n) is 8.93. The van der Waals surface area contributed by atoms with Crippen LogP contribution in [0, 0.1) is 6.92 Å². The van der Waals surface area contributed by atoms with Gasteiger partial charge in [0, 0.05) is 24.2 Å². The third kappa shape index (κ3) is 4.24. The molecule has 1 aliphatic heterocycles. The summed E-state index contributed by atoms with van der Waals surface area (Å²) >= 11 is 0. The van der Waals surface area contributed by atoms with Crippen LogP contribution in [0.4, 0.5) is 5.69 Å². The second-order valence-corrected chi connectivity index (χ2v) is 8.60. The van der Waals surface area contributed by atoms with Crippen molar-refractivity contribution < 1.29 is 17.9 Å². The highest BCUT2D eigenvalue weighted by molar-refractivity contribution is 7.92.